The minimum Gasteiger partial charge on any atom is -0.386 e. The zero-order valence-electron chi connectivity index (χ0n) is 5.97. The number of halogens is 3. The molecule has 1 heterocycles. The molecule has 1 aromatic heterocycles. The van der Waals surface area contributed by atoms with E-state index in [0.717, 1.165) is 0 Å². The molecule has 1 N–H and O–H groups in total. The van der Waals surface area contributed by atoms with E-state index in [1.165, 1.54) is 12.3 Å². The van der Waals surface area contributed by atoms with Gasteiger partial charge in [0.25, 0.3) is 0 Å². The molecule has 1 aromatic rings. The highest BCUT2D eigenvalue weighted by Crippen LogP contribution is 2.25. The van der Waals surface area contributed by atoms with Crippen molar-refractivity contribution in [3.63, 3.8) is 0 Å². The van der Waals surface area contributed by atoms with E-state index >= 15 is 0 Å². The molecule has 12 heavy (non-hydrogen) atoms. The number of aromatic nitrogens is 1. The van der Waals surface area contributed by atoms with Gasteiger partial charge in [-0.05, 0) is 22.0 Å². The number of hydrogen-bond acceptors (Lipinski definition) is 2. The highest BCUT2D eigenvalue weighted by atomic mass is 79.9. The molecule has 2 nitrogen and oxygen atoms in total. The smallest absolute Gasteiger partial charge is 0.129 e. The van der Waals surface area contributed by atoms with Crippen LogP contribution in [0.25, 0.3) is 0 Å². The zero-order valence-corrected chi connectivity index (χ0v) is 8.31. The Kier molecular flexibility index (Phi) is 3.43. The van der Waals surface area contributed by atoms with Crippen molar-refractivity contribution < 1.29 is 9.50 Å². The maximum absolute atomic E-state index is 12.0. The van der Waals surface area contributed by atoms with Gasteiger partial charge >= 0.3 is 0 Å². The fourth-order valence-corrected chi connectivity index (χ4v) is 1.41. The lowest BCUT2D eigenvalue weighted by atomic mass is 10.2. The van der Waals surface area contributed by atoms with Crippen LogP contribution in [0.3, 0.4) is 0 Å². The second kappa shape index (κ2) is 4.16. The predicted molar refractivity (Wildman–Crippen MR) is 47.9 cm³/mol. The monoisotopic (exact) mass is 253 g/mol. The number of pyridine rings is 1. The fourth-order valence-electron chi connectivity index (χ4n) is 0.766. The van der Waals surface area contributed by atoms with Gasteiger partial charge in [0, 0.05) is 16.2 Å². The molecule has 0 fully saturated rings. The van der Waals surface area contributed by atoms with Crippen LogP contribution >= 0.6 is 27.5 Å². The number of rotatable bonds is 2. The van der Waals surface area contributed by atoms with Gasteiger partial charge in [-0.2, -0.15) is 0 Å². The normalized spacial score (nSPS) is 13.0. The van der Waals surface area contributed by atoms with Crippen LogP contribution < -0.4 is 0 Å². The standard InChI is InChI=1S/C7H6BrClFNO/c8-5-3-11-7(9)1-4(5)6(12)2-10/h1,3,6,12H,2H2. The van der Waals surface area contributed by atoms with Crippen LogP contribution in [0.15, 0.2) is 16.7 Å². The molecule has 0 saturated heterocycles. The SMILES string of the molecule is OC(CF)c1cc(Cl)ncc1Br. The molecule has 0 radical (unpaired) electrons. The number of nitrogens with zero attached hydrogens (tertiary/aromatic N) is 1. The van der Waals surface area contributed by atoms with E-state index in [4.69, 9.17) is 16.7 Å². The van der Waals surface area contributed by atoms with Crippen LogP contribution in [-0.4, -0.2) is 16.8 Å². The summed E-state index contributed by atoms with van der Waals surface area (Å²) in [4.78, 5) is 3.74. The van der Waals surface area contributed by atoms with Gasteiger partial charge in [-0.25, -0.2) is 9.37 Å². The highest BCUT2D eigenvalue weighted by Gasteiger charge is 2.11. The summed E-state index contributed by atoms with van der Waals surface area (Å²) in [6.45, 7) is -0.834. The molecule has 0 aliphatic carbocycles. The Morgan fingerprint density at radius 2 is 2.42 bits per heavy atom. The van der Waals surface area contributed by atoms with Crippen LogP contribution in [0.1, 0.15) is 11.7 Å². The molecule has 0 bridgehead atoms. The average Bonchev–Trinajstić information content (AvgIpc) is 2.08. The summed E-state index contributed by atoms with van der Waals surface area (Å²) >= 11 is 8.68. The predicted octanol–water partition coefficient (Wildman–Crippen LogP) is 2.50. The van der Waals surface area contributed by atoms with E-state index in [2.05, 4.69) is 20.9 Å². The van der Waals surface area contributed by atoms with E-state index in [0.29, 0.717) is 10.0 Å². The number of aliphatic hydroxyl groups is 1. The average molecular weight is 254 g/mol. The van der Waals surface area contributed by atoms with E-state index in [-0.39, 0.29) is 5.15 Å². The van der Waals surface area contributed by atoms with Crippen molar-refractivity contribution in [3.8, 4) is 0 Å². The molecule has 66 valence electrons. The summed E-state index contributed by atoms with van der Waals surface area (Å²) in [5.41, 5.74) is 0.414. The Morgan fingerprint density at radius 1 is 1.75 bits per heavy atom. The molecular formula is C7H6BrClFNO. The minimum absolute atomic E-state index is 0.237. The first-order valence-corrected chi connectivity index (χ1v) is 4.37. The van der Waals surface area contributed by atoms with Gasteiger partial charge in [-0.1, -0.05) is 11.6 Å². The van der Waals surface area contributed by atoms with Gasteiger partial charge in [0.2, 0.25) is 0 Å². The van der Waals surface area contributed by atoms with Crippen LogP contribution in [-0.2, 0) is 0 Å². The second-order valence-electron chi connectivity index (χ2n) is 2.20. The van der Waals surface area contributed by atoms with Crippen molar-refractivity contribution in [2.45, 2.75) is 6.10 Å². The molecule has 0 aromatic carbocycles. The van der Waals surface area contributed by atoms with E-state index in [1.54, 1.807) is 0 Å². The van der Waals surface area contributed by atoms with Crippen LogP contribution in [0.2, 0.25) is 5.15 Å². The largest absolute Gasteiger partial charge is 0.386 e. The Hall–Kier alpha value is -0.190. The summed E-state index contributed by atoms with van der Waals surface area (Å²) < 4.78 is 12.6. The summed E-state index contributed by atoms with van der Waals surface area (Å²) in [6.07, 6.45) is 0.288. The first kappa shape index (κ1) is 9.89. The first-order chi connectivity index (χ1) is 5.65. The molecule has 1 atom stereocenters. The summed E-state index contributed by atoms with van der Waals surface area (Å²) in [5, 5.41) is 9.38. The van der Waals surface area contributed by atoms with Crippen molar-refractivity contribution >= 4 is 27.5 Å². The van der Waals surface area contributed by atoms with Gasteiger partial charge in [0.1, 0.15) is 17.9 Å². The summed E-state index contributed by atoms with van der Waals surface area (Å²) in [6, 6.07) is 1.43. The topological polar surface area (TPSA) is 33.1 Å². The summed E-state index contributed by atoms with van der Waals surface area (Å²) in [5.74, 6) is 0. The lowest BCUT2D eigenvalue weighted by molar-refractivity contribution is 0.141. The van der Waals surface area contributed by atoms with Crippen LogP contribution in [0.5, 0.6) is 0 Å². The maximum atomic E-state index is 12.0. The molecule has 0 saturated carbocycles. The Morgan fingerprint density at radius 3 is 3.00 bits per heavy atom. The maximum Gasteiger partial charge on any atom is 0.129 e. The van der Waals surface area contributed by atoms with E-state index in [1.807, 2.05) is 0 Å². The highest BCUT2D eigenvalue weighted by molar-refractivity contribution is 9.10. The van der Waals surface area contributed by atoms with E-state index in [9.17, 15) is 4.39 Å². The third kappa shape index (κ3) is 2.15. The van der Waals surface area contributed by atoms with Gasteiger partial charge in [0.05, 0.1) is 0 Å². The van der Waals surface area contributed by atoms with Crippen LogP contribution in [0.4, 0.5) is 4.39 Å². The molecule has 0 amide bonds. The molecule has 0 aliphatic rings. The van der Waals surface area contributed by atoms with Crippen molar-refractivity contribution in [2.75, 3.05) is 6.67 Å². The zero-order chi connectivity index (χ0) is 9.14. The third-order valence-electron chi connectivity index (χ3n) is 1.36. The molecule has 5 heteroatoms. The molecule has 1 rings (SSSR count). The van der Waals surface area contributed by atoms with Crippen molar-refractivity contribution in [1.29, 1.82) is 0 Å². The Labute approximate surface area is 82.5 Å². The minimum atomic E-state index is -1.14. The molecule has 0 aliphatic heterocycles. The summed E-state index contributed by atoms with van der Waals surface area (Å²) in [7, 11) is 0. The lowest BCUT2D eigenvalue weighted by Crippen LogP contribution is -2.00. The quantitative estimate of drug-likeness (QED) is 0.823. The molecular weight excluding hydrogens is 248 g/mol. The fraction of sp³-hybridized carbons (Fsp3) is 0.286. The number of aliphatic hydroxyl groups excluding tert-OH is 1. The van der Waals surface area contributed by atoms with Crippen molar-refractivity contribution in [1.82, 2.24) is 4.98 Å². The third-order valence-corrected chi connectivity index (χ3v) is 2.23. The molecule has 1 unspecified atom stereocenters. The van der Waals surface area contributed by atoms with Crippen molar-refractivity contribution in [3.05, 3.63) is 27.5 Å². The van der Waals surface area contributed by atoms with Gasteiger partial charge < -0.3 is 5.11 Å². The van der Waals surface area contributed by atoms with Gasteiger partial charge in [0.15, 0.2) is 0 Å². The molecule has 0 spiro atoms. The Balaban J connectivity index is 3.04. The number of hydrogen-bond donors (Lipinski definition) is 1. The van der Waals surface area contributed by atoms with E-state index < -0.39 is 12.8 Å². The van der Waals surface area contributed by atoms with Crippen LogP contribution in [0, 0.1) is 0 Å². The van der Waals surface area contributed by atoms with Crippen molar-refractivity contribution in [2.24, 2.45) is 0 Å². The second-order valence-corrected chi connectivity index (χ2v) is 3.44. The van der Waals surface area contributed by atoms with Gasteiger partial charge in [-0.3, -0.25) is 0 Å². The Bertz CT molecular complexity index is 284. The van der Waals surface area contributed by atoms with Gasteiger partial charge in [-0.15, -0.1) is 0 Å². The number of alkyl halides is 1. The first-order valence-electron chi connectivity index (χ1n) is 3.20. The lowest BCUT2D eigenvalue weighted by Gasteiger charge is -2.07.